The Balaban J connectivity index is 1.26. The van der Waals surface area contributed by atoms with Crippen molar-refractivity contribution in [3.63, 3.8) is 0 Å². The number of carbonyl (C=O) groups is 1. The van der Waals surface area contributed by atoms with Gasteiger partial charge in [0.05, 0.1) is 0 Å². The van der Waals surface area contributed by atoms with Crippen molar-refractivity contribution in [3.8, 4) is 0 Å². The van der Waals surface area contributed by atoms with Gasteiger partial charge in [0.15, 0.2) is 5.96 Å². The first-order valence-corrected chi connectivity index (χ1v) is 10.1. The van der Waals surface area contributed by atoms with Crippen LogP contribution in [-0.4, -0.2) is 74.1 Å². The lowest BCUT2D eigenvalue weighted by Crippen LogP contribution is -2.56. The quantitative estimate of drug-likeness (QED) is 0.617. The number of guanidine groups is 1. The zero-order chi connectivity index (χ0) is 17.3. The first-order valence-electron chi connectivity index (χ1n) is 10.1. The zero-order valence-electron chi connectivity index (χ0n) is 15.5. The molecule has 0 aromatic carbocycles. The van der Waals surface area contributed by atoms with Crippen molar-refractivity contribution in [2.75, 3.05) is 46.4 Å². The van der Waals surface area contributed by atoms with Gasteiger partial charge < -0.3 is 19.9 Å². The molecular formula is C19H32N4O2. The lowest BCUT2D eigenvalue weighted by Gasteiger charge is -2.44. The summed E-state index contributed by atoms with van der Waals surface area (Å²) >= 11 is 0. The maximum Gasteiger partial charge on any atom is 0.251 e. The molecule has 1 unspecified atom stereocenters. The third-order valence-electron chi connectivity index (χ3n) is 6.70. The van der Waals surface area contributed by atoms with Gasteiger partial charge in [0, 0.05) is 46.4 Å². The summed E-state index contributed by atoms with van der Waals surface area (Å²) in [5.74, 6) is 2.14. The van der Waals surface area contributed by atoms with Gasteiger partial charge in [-0.3, -0.25) is 9.79 Å². The predicted molar refractivity (Wildman–Crippen MR) is 97.5 cm³/mol. The van der Waals surface area contributed by atoms with Crippen molar-refractivity contribution >= 4 is 11.9 Å². The first kappa shape index (κ1) is 17.1. The Kier molecular flexibility index (Phi) is 4.89. The van der Waals surface area contributed by atoms with E-state index in [0.717, 1.165) is 64.0 Å². The molecule has 6 heteroatoms. The van der Waals surface area contributed by atoms with Crippen LogP contribution in [0.4, 0.5) is 0 Å². The molecule has 0 radical (unpaired) electrons. The molecule has 0 spiro atoms. The van der Waals surface area contributed by atoms with E-state index in [9.17, 15) is 4.79 Å². The molecule has 2 aliphatic heterocycles. The average molecular weight is 348 g/mol. The molecule has 0 aromatic heterocycles. The largest absolute Gasteiger partial charge is 0.368 e. The van der Waals surface area contributed by atoms with Crippen molar-refractivity contribution in [1.29, 1.82) is 0 Å². The molecule has 1 amide bonds. The van der Waals surface area contributed by atoms with E-state index in [-0.39, 0.29) is 12.0 Å². The number of hydrogen-bond donors (Lipinski definition) is 1. The van der Waals surface area contributed by atoms with Gasteiger partial charge >= 0.3 is 0 Å². The fourth-order valence-corrected chi connectivity index (χ4v) is 4.76. The van der Waals surface area contributed by atoms with Crippen LogP contribution >= 0.6 is 0 Å². The Morgan fingerprint density at radius 2 is 1.84 bits per heavy atom. The second kappa shape index (κ2) is 7.14. The molecule has 2 saturated carbocycles. The van der Waals surface area contributed by atoms with Crippen LogP contribution in [-0.2, 0) is 9.53 Å². The highest BCUT2D eigenvalue weighted by atomic mass is 16.5. The maximum absolute atomic E-state index is 12.5. The van der Waals surface area contributed by atoms with Crippen molar-refractivity contribution in [2.45, 2.75) is 51.0 Å². The fraction of sp³-hybridized carbons (Fsp3) is 0.895. The van der Waals surface area contributed by atoms with Crippen LogP contribution in [0.25, 0.3) is 0 Å². The topological polar surface area (TPSA) is 57.2 Å². The highest BCUT2D eigenvalue weighted by molar-refractivity contribution is 5.82. The van der Waals surface area contributed by atoms with E-state index in [0.29, 0.717) is 5.41 Å². The molecule has 1 atom stereocenters. The van der Waals surface area contributed by atoms with E-state index >= 15 is 0 Å². The molecule has 4 fully saturated rings. The van der Waals surface area contributed by atoms with Gasteiger partial charge in [0.25, 0.3) is 5.91 Å². The van der Waals surface area contributed by atoms with Gasteiger partial charge in [-0.1, -0.05) is 6.42 Å². The molecular weight excluding hydrogens is 316 g/mol. The molecule has 4 aliphatic rings. The molecule has 4 rings (SSSR count). The molecule has 25 heavy (non-hydrogen) atoms. The number of rotatable bonds is 4. The summed E-state index contributed by atoms with van der Waals surface area (Å²) in [5.41, 5.74) is 0.549. The van der Waals surface area contributed by atoms with Crippen molar-refractivity contribution in [1.82, 2.24) is 15.1 Å². The van der Waals surface area contributed by atoms with E-state index in [2.05, 4.69) is 15.2 Å². The lowest BCUT2D eigenvalue weighted by atomic mass is 9.65. The minimum absolute atomic E-state index is 0.183. The minimum atomic E-state index is -0.194. The van der Waals surface area contributed by atoms with Crippen LogP contribution in [0.5, 0.6) is 0 Å². The summed E-state index contributed by atoms with van der Waals surface area (Å²) in [6.07, 6.45) is 8.69. The van der Waals surface area contributed by atoms with Crippen LogP contribution in [0.3, 0.4) is 0 Å². The first-order chi connectivity index (χ1) is 12.2. The van der Waals surface area contributed by atoms with Gasteiger partial charge in [-0.15, -0.1) is 0 Å². The van der Waals surface area contributed by atoms with Crippen LogP contribution in [0.2, 0.25) is 0 Å². The number of amides is 1. The predicted octanol–water partition coefficient (Wildman–Crippen LogP) is 1.47. The molecule has 0 bridgehead atoms. The summed E-state index contributed by atoms with van der Waals surface area (Å²) in [6.45, 7) is 5.05. The monoisotopic (exact) mass is 348 g/mol. The minimum Gasteiger partial charge on any atom is -0.368 e. The summed E-state index contributed by atoms with van der Waals surface area (Å²) in [5, 5.41) is 3.65. The van der Waals surface area contributed by atoms with Crippen molar-refractivity contribution in [3.05, 3.63) is 0 Å². The van der Waals surface area contributed by atoms with E-state index in [1.54, 1.807) is 0 Å². The molecule has 2 saturated heterocycles. The average Bonchev–Trinajstić information content (AvgIpc) is 3.30. The smallest absolute Gasteiger partial charge is 0.251 e. The van der Waals surface area contributed by atoms with E-state index in [1.807, 2.05) is 11.9 Å². The Bertz CT molecular complexity index is 514. The number of aliphatic imine (C=N–C) groups is 1. The zero-order valence-corrected chi connectivity index (χ0v) is 15.5. The van der Waals surface area contributed by atoms with Crippen molar-refractivity contribution < 1.29 is 9.53 Å². The van der Waals surface area contributed by atoms with Gasteiger partial charge in [-0.2, -0.15) is 0 Å². The van der Waals surface area contributed by atoms with E-state index in [1.165, 1.54) is 32.1 Å². The van der Waals surface area contributed by atoms with Crippen molar-refractivity contribution in [2.24, 2.45) is 16.3 Å². The van der Waals surface area contributed by atoms with Gasteiger partial charge in [0.1, 0.15) is 6.10 Å². The number of nitrogens with zero attached hydrogens (tertiary/aromatic N) is 3. The highest BCUT2D eigenvalue weighted by Gasteiger charge is 2.49. The fourth-order valence-electron chi connectivity index (χ4n) is 4.76. The summed E-state index contributed by atoms with van der Waals surface area (Å²) in [4.78, 5) is 21.2. The third kappa shape index (κ3) is 3.50. The van der Waals surface area contributed by atoms with Crippen LogP contribution < -0.4 is 5.32 Å². The van der Waals surface area contributed by atoms with Gasteiger partial charge in [0.2, 0.25) is 0 Å². The summed E-state index contributed by atoms with van der Waals surface area (Å²) < 4.78 is 5.55. The molecule has 2 heterocycles. The number of piperazine rings is 1. The Hall–Kier alpha value is -1.30. The van der Waals surface area contributed by atoms with Gasteiger partial charge in [-0.05, 0) is 49.9 Å². The second-order valence-electron chi connectivity index (χ2n) is 8.20. The number of hydrogen-bond acceptors (Lipinski definition) is 3. The van der Waals surface area contributed by atoms with Crippen LogP contribution in [0, 0.1) is 11.3 Å². The Labute approximate surface area is 151 Å². The molecule has 140 valence electrons. The SMILES string of the molecule is CN=C(NCC1(C2CC2)CCC1)N1CCN(C(=O)C2CCCO2)CC1. The lowest BCUT2D eigenvalue weighted by molar-refractivity contribution is -0.142. The van der Waals surface area contributed by atoms with E-state index in [4.69, 9.17) is 4.74 Å². The number of nitrogens with one attached hydrogen (secondary N) is 1. The summed E-state index contributed by atoms with van der Waals surface area (Å²) in [6, 6.07) is 0. The third-order valence-corrected chi connectivity index (χ3v) is 6.70. The number of carbonyl (C=O) groups excluding carboxylic acids is 1. The van der Waals surface area contributed by atoms with Gasteiger partial charge in [-0.25, -0.2) is 0 Å². The second-order valence-corrected chi connectivity index (χ2v) is 8.20. The standard InChI is InChI=1S/C19H32N4O2/c1-20-18(21-14-19(7-3-8-19)15-5-6-15)23-11-9-22(10-12-23)17(24)16-4-2-13-25-16/h15-16H,2-14H2,1H3,(H,20,21). The molecule has 1 N–H and O–H groups in total. The molecule has 6 nitrogen and oxygen atoms in total. The maximum atomic E-state index is 12.5. The summed E-state index contributed by atoms with van der Waals surface area (Å²) in [7, 11) is 1.87. The van der Waals surface area contributed by atoms with Crippen LogP contribution in [0.1, 0.15) is 44.9 Å². The Morgan fingerprint density at radius 3 is 2.36 bits per heavy atom. The molecule has 0 aromatic rings. The highest BCUT2D eigenvalue weighted by Crippen LogP contribution is 2.56. The number of ether oxygens (including phenoxy) is 1. The normalized spacial score (nSPS) is 29.5. The van der Waals surface area contributed by atoms with E-state index < -0.39 is 0 Å². The Morgan fingerprint density at radius 1 is 1.12 bits per heavy atom. The molecule has 2 aliphatic carbocycles. The van der Waals surface area contributed by atoms with Crippen LogP contribution in [0.15, 0.2) is 4.99 Å².